The third kappa shape index (κ3) is 4.44. The van der Waals surface area contributed by atoms with Crippen molar-refractivity contribution in [3.05, 3.63) is 118 Å². The lowest BCUT2D eigenvalue weighted by Crippen LogP contribution is -2.42. The van der Waals surface area contributed by atoms with Crippen LogP contribution in [-0.4, -0.2) is 21.6 Å². The number of nitrogens with zero attached hydrogens (tertiary/aromatic N) is 2. The Kier molecular flexibility index (Phi) is 5.90. The zero-order valence-corrected chi connectivity index (χ0v) is 18.9. The van der Waals surface area contributed by atoms with Crippen molar-refractivity contribution in [3.63, 3.8) is 0 Å². The largest absolute Gasteiger partial charge is 0.290 e. The van der Waals surface area contributed by atoms with E-state index in [0.717, 1.165) is 15.1 Å². The first kappa shape index (κ1) is 22.2. The summed E-state index contributed by atoms with van der Waals surface area (Å²) in [6.45, 7) is 0. The van der Waals surface area contributed by atoms with E-state index < -0.39 is 11.8 Å². The summed E-state index contributed by atoms with van der Waals surface area (Å²) in [6.07, 6.45) is 0. The van der Waals surface area contributed by atoms with Gasteiger partial charge in [-0.3, -0.25) is 25.2 Å². The molecule has 2 amide bonds. The number of aromatic nitrogens is 2. The molecule has 0 unspecified atom stereocenters. The Morgan fingerprint density at radius 2 is 1.43 bits per heavy atom. The van der Waals surface area contributed by atoms with E-state index in [-0.39, 0.29) is 17.1 Å². The molecule has 0 bridgehead atoms. The summed E-state index contributed by atoms with van der Waals surface area (Å²) in [5.41, 5.74) is 5.69. The lowest BCUT2D eigenvalue weighted by atomic mass is 10.1. The molecule has 0 fully saturated rings. The van der Waals surface area contributed by atoms with Gasteiger partial charge in [0.15, 0.2) is 5.69 Å². The number of thiophene rings is 1. The highest BCUT2D eigenvalue weighted by atomic mass is 32.1. The number of hydrogen-bond donors (Lipinski definition) is 2. The molecule has 5 rings (SSSR count). The molecule has 3 aromatic carbocycles. The van der Waals surface area contributed by atoms with Crippen LogP contribution in [0.25, 0.3) is 26.9 Å². The predicted octanol–water partition coefficient (Wildman–Crippen LogP) is 4.33. The number of amides is 2. The summed E-state index contributed by atoms with van der Waals surface area (Å²) in [7, 11) is 0. The molecule has 2 N–H and O–H groups in total. The molecule has 7 nitrogen and oxygen atoms in total. The van der Waals surface area contributed by atoms with Crippen LogP contribution in [0.4, 0.5) is 4.39 Å². The third-order valence-corrected chi connectivity index (χ3v) is 6.40. The number of rotatable bonds is 4. The Morgan fingerprint density at radius 1 is 0.771 bits per heavy atom. The number of para-hydroxylation sites is 1. The molecule has 172 valence electrons. The number of fused-ring (bicyclic) bond motifs is 1. The number of halogens is 1. The van der Waals surface area contributed by atoms with Crippen LogP contribution in [0.5, 0.6) is 0 Å². The highest BCUT2D eigenvalue weighted by Gasteiger charge is 2.19. The fourth-order valence-corrected chi connectivity index (χ4v) is 4.47. The van der Waals surface area contributed by atoms with Gasteiger partial charge in [-0.1, -0.05) is 48.5 Å². The number of carbonyl (C=O) groups excluding carboxylic acids is 2. The van der Waals surface area contributed by atoms with Gasteiger partial charge in [-0.2, -0.15) is 9.78 Å². The average molecular weight is 485 g/mol. The van der Waals surface area contributed by atoms with Crippen molar-refractivity contribution in [2.24, 2.45) is 0 Å². The maximum Gasteiger partial charge on any atom is 0.290 e. The summed E-state index contributed by atoms with van der Waals surface area (Å²) in [6, 6.07) is 24.7. The van der Waals surface area contributed by atoms with E-state index in [1.165, 1.54) is 23.5 Å². The molecule has 5 aromatic rings. The molecule has 0 radical (unpaired) electrons. The zero-order valence-electron chi connectivity index (χ0n) is 18.1. The molecule has 2 heterocycles. The van der Waals surface area contributed by atoms with Crippen molar-refractivity contribution in [1.29, 1.82) is 0 Å². The fourth-order valence-electron chi connectivity index (χ4n) is 3.56. The Labute approximate surface area is 202 Å². The van der Waals surface area contributed by atoms with Crippen LogP contribution >= 0.6 is 11.3 Å². The van der Waals surface area contributed by atoms with Crippen LogP contribution in [0.2, 0.25) is 0 Å². The van der Waals surface area contributed by atoms with Gasteiger partial charge in [0, 0.05) is 10.3 Å². The quantitative estimate of drug-likeness (QED) is 0.372. The highest BCUT2D eigenvalue weighted by Crippen LogP contribution is 2.28. The standard InChI is InChI=1S/C26H17FN4O3S/c27-17-12-10-16(11-13-17)21-14-15-22(35-21)24(32)28-29-25(33)23-19-8-4-5-9-20(19)26(34)31(30-23)18-6-2-1-3-7-18/h1-15H,(H,28,32)(H,29,33). The lowest BCUT2D eigenvalue weighted by Gasteiger charge is -2.11. The number of carbonyl (C=O) groups is 2. The number of hydrazine groups is 1. The zero-order chi connectivity index (χ0) is 24.4. The van der Waals surface area contributed by atoms with Crippen LogP contribution in [0, 0.1) is 5.82 Å². The Morgan fingerprint density at radius 3 is 2.17 bits per heavy atom. The average Bonchev–Trinajstić information content (AvgIpc) is 3.39. The monoisotopic (exact) mass is 484 g/mol. The van der Waals surface area contributed by atoms with E-state index in [9.17, 15) is 18.8 Å². The second-order valence-corrected chi connectivity index (χ2v) is 8.61. The summed E-state index contributed by atoms with van der Waals surface area (Å²) < 4.78 is 14.3. The molecule has 2 aromatic heterocycles. The summed E-state index contributed by atoms with van der Waals surface area (Å²) in [4.78, 5) is 39.8. The van der Waals surface area contributed by atoms with Gasteiger partial charge < -0.3 is 0 Å². The first-order valence-corrected chi connectivity index (χ1v) is 11.4. The van der Waals surface area contributed by atoms with Gasteiger partial charge in [0.05, 0.1) is 16.0 Å². The van der Waals surface area contributed by atoms with Gasteiger partial charge in [-0.15, -0.1) is 11.3 Å². The van der Waals surface area contributed by atoms with Crippen LogP contribution in [0.3, 0.4) is 0 Å². The molecule has 9 heteroatoms. The SMILES string of the molecule is O=C(NNC(=O)c1nn(-c2ccccc2)c(=O)c2ccccc12)c1ccc(-c2ccc(F)cc2)s1. The molecular formula is C26H17FN4O3S. The van der Waals surface area contributed by atoms with Crippen LogP contribution in [-0.2, 0) is 0 Å². The topological polar surface area (TPSA) is 93.1 Å². The fraction of sp³-hybridized carbons (Fsp3) is 0. The first-order valence-electron chi connectivity index (χ1n) is 10.6. The lowest BCUT2D eigenvalue weighted by molar-refractivity contribution is 0.0846. The summed E-state index contributed by atoms with van der Waals surface area (Å²) in [5.74, 6) is -1.53. The Bertz CT molecular complexity index is 1610. The van der Waals surface area contributed by atoms with Crippen molar-refractivity contribution < 1.29 is 14.0 Å². The van der Waals surface area contributed by atoms with Crippen molar-refractivity contribution in [2.75, 3.05) is 0 Å². The maximum absolute atomic E-state index is 13.2. The molecule has 35 heavy (non-hydrogen) atoms. The smallest absolute Gasteiger partial charge is 0.267 e. The minimum atomic E-state index is -0.672. The Balaban J connectivity index is 1.39. The molecule has 0 aliphatic heterocycles. The second-order valence-electron chi connectivity index (χ2n) is 7.53. The van der Waals surface area contributed by atoms with Gasteiger partial charge in [-0.25, -0.2) is 4.39 Å². The van der Waals surface area contributed by atoms with Crippen molar-refractivity contribution in [1.82, 2.24) is 20.6 Å². The predicted molar refractivity (Wildman–Crippen MR) is 132 cm³/mol. The summed E-state index contributed by atoms with van der Waals surface area (Å²) >= 11 is 1.20. The van der Waals surface area contributed by atoms with Crippen LogP contribution in [0.1, 0.15) is 20.2 Å². The molecule has 0 aliphatic carbocycles. The maximum atomic E-state index is 13.2. The van der Waals surface area contributed by atoms with Crippen molar-refractivity contribution in [3.8, 4) is 16.1 Å². The van der Waals surface area contributed by atoms with Crippen molar-refractivity contribution in [2.45, 2.75) is 0 Å². The van der Waals surface area contributed by atoms with E-state index >= 15 is 0 Å². The van der Waals surface area contributed by atoms with E-state index in [4.69, 9.17) is 0 Å². The first-order chi connectivity index (χ1) is 17.0. The Hall–Kier alpha value is -4.63. The highest BCUT2D eigenvalue weighted by molar-refractivity contribution is 7.17. The summed E-state index contributed by atoms with van der Waals surface area (Å²) in [5, 5.41) is 4.98. The van der Waals surface area contributed by atoms with Crippen LogP contribution < -0.4 is 16.4 Å². The molecule has 0 aliphatic rings. The van der Waals surface area contributed by atoms with E-state index in [0.29, 0.717) is 21.3 Å². The van der Waals surface area contributed by atoms with Gasteiger partial charge in [0.25, 0.3) is 17.4 Å². The van der Waals surface area contributed by atoms with Gasteiger partial charge in [0.2, 0.25) is 0 Å². The van der Waals surface area contributed by atoms with Crippen LogP contribution in [0.15, 0.2) is 95.8 Å². The van der Waals surface area contributed by atoms with Gasteiger partial charge in [-0.05, 0) is 48.0 Å². The molecule has 0 saturated heterocycles. The van der Waals surface area contributed by atoms with Crippen molar-refractivity contribution >= 4 is 33.9 Å². The van der Waals surface area contributed by atoms with E-state index in [1.807, 2.05) is 6.07 Å². The third-order valence-electron chi connectivity index (χ3n) is 5.27. The minimum Gasteiger partial charge on any atom is -0.267 e. The molecule has 0 saturated carbocycles. The molecular weight excluding hydrogens is 467 g/mol. The number of hydrogen-bond acceptors (Lipinski definition) is 5. The molecule has 0 spiro atoms. The van der Waals surface area contributed by atoms with E-state index in [2.05, 4.69) is 16.0 Å². The van der Waals surface area contributed by atoms with Gasteiger partial charge in [0.1, 0.15) is 5.82 Å². The number of benzene rings is 3. The second kappa shape index (κ2) is 9.32. The van der Waals surface area contributed by atoms with Gasteiger partial charge >= 0.3 is 0 Å². The minimum absolute atomic E-state index is 0.0115. The van der Waals surface area contributed by atoms with E-state index in [1.54, 1.807) is 72.8 Å². The molecule has 0 atom stereocenters. The number of nitrogens with one attached hydrogen (secondary N) is 2. The normalized spacial score (nSPS) is 10.8.